The summed E-state index contributed by atoms with van der Waals surface area (Å²) >= 11 is 0. The Morgan fingerprint density at radius 3 is 2.57 bits per heavy atom. The van der Waals surface area contributed by atoms with E-state index in [0.717, 1.165) is 12.0 Å². The second kappa shape index (κ2) is 4.77. The summed E-state index contributed by atoms with van der Waals surface area (Å²) in [4.78, 5) is 12.9. The van der Waals surface area contributed by atoms with Crippen molar-refractivity contribution in [3.8, 4) is 0 Å². The first-order valence-corrected chi connectivity index (χ1v) is 9.56. The minimum Gasteiger partial charge on any atom is -0.299 e. The molecule has 1 saturated heterocycles. The van der Waals surface area contributed by atoms with Crippen LogP contribution in [0.5, 0.6) is 0 Å². The molecular formula is C18H21NO3S. The number of rotatable bonds is 2. The lowest BCUT2D eigenvalue weighted by atomic mass is 9.57. The molecule has 0 radical (unpaired) electrons. The van der Waals surface area contributed by atoms with Crippen LogP contribution in [0.4, 0.5) is 0 Å². The van der Waals surface area contributed by atoms with E-state index in [4.69, 9.17) is 0 Å². The summed E-state index contributed by atoms with van der Waals surface area (Å²) in [6.45, 7) is 4.77. The van der Waals surface area contributed by atoms with Gasteiger partial charge in [0.15, 0.2) is 0 Å². The van der Waals surface area contributed by atoms with Crippen molar-refractivity contribution in [2.75, 3.05) is 13.1 Å². The number of ketones is 1. The molecule has 5 heteroatoms. The average Bonchev–Trinajstić information content (AvgIpc) is 2.88. The molecule has 5 rings (SSSR count). The monoisotopic (exact) mass is 331 g/mol. The number of Topliss-reactive ketones (excluding diaryl/α,β-unsaturated/α-hetero) is 1. The number of benzene rings is 1. The number of fused-ring (bicyclic) bond motifs is 1. The fourth-order valence-electron chi connectivity index (χ4n) is 4.49. The molecule has 1 aromatic rings. The van der Waals surface area contributed by atoms with Gasteiger partial charge < -0.3 is 0 Å². The Morgan fingerprint density at radius 2 is 1.87 bits per heavy atom. The maximum Gasteiger partial charge on any atom is 0.243 e. The van der Waals surface area contributed by atoms with Crippen LogP contribution < -0.4 is 0 Å². The predicted molar refractivity (Wildman–Crippen MR) is 87.3 cm³/mol. The first kappa shape index (κ1) is 15.1. The highest BCUT2D eigenvalue weighted by Crippen LogP contribution is 2.54. The van der Waals surface area contributed by atoms with Gasteiger partial charge in [-0.3, -0.25) is 4.79 Å². The lowest BCUT2D eigenvalue weighted by molar-refractivity contribution is -0.132. The van der Waals surface area contributed by atoms with E-state index < -0.39 is 15.4 Å². The Labute approximate surface area is 137 Å². The first-order valence-electron chi connectivity index (χ1n) is 8.12. The molecule has 0 amide bonds. The molecule has 3 aliphatic carbocycles. The lowest BCUT2D eigenvalue weighted by Gasteiger charge is -2.44. The summed E-state index contributed by atoms with van der Waals surface area (Å²) < 4.78 is 27.4. The molecule has 0 N–H and O–H groups in total. The number of carbonyl (C=O) groups is 1. The van der Waals surface area contributed by atoms with Gasteiger partial charge in [0.1, 0.15) is 5.78 Å². The van der Waals surface area contributed by atoms with E-state index in [9.17, 15) is 13.2 Å². The van der Waals surface area contributed by atoms with Crippen molar-refractivity contribution in [1.82, 2.24) is 4.31 Å². The second-order valence-electron chi connectivity index (χ2n) is 7.30. The Hall–Kier alpha value is -1.46. The SMILES string of the molecule is CC1=CC23CN(S(=O)(=O)c4ccc(C)cc4)CC2CC1CC3=O. The van der Waals surface area contributed by atoms with Crippen molar-refractivity contribution < 1.29 is 13.2 Å². The van der Waals surface area contributed by atoms with Crippen molar-refractivity contribution in [3.05, 3.63) is 41.5 Å². The molecule has 1 saturated carbocycles. The third-order valence-electron chi connectivity index (χ3n) is 5.90. The van der Waals surface area contributed by atoms with Crippen LogP contribution in [0.3, 0.4) is 0 Å². The van der Waals surface area contributed by atoms with Gasteiger partial charge in [0.25, 0.3) is 0 Å². The highest BCUT2D eigenvalue weighted by atomic mass is 32.2. The van der Waals surface area contributed by atoms with Crippen LogP contribution in [0, 0.1) is 24.2 Å². The maximum atomic E-state index is 12.9. The maximum absolute atomic E-state index is 12.9. The average molecular weight is 331 g/mol. The smallest absolute Gasteiger partial charge is 0.243 e. The Bertz CT molecular complexity index is 809. The van der Waals surface area contributed by atoms with Gasteiger partial charge in [0.2, 0.25) is 10.0 Å². The van der Waals surface area contributed by atoms with E-state index in [1.54, 1.807) is 12.1 Å². The lowest BCUT2D eigenvalue weighted by Crippen LogP contribution is -2.47. The number of nitrogens with zero attached hydrogens (tertiary/aromatic N) is 1. The molecule has 23 heavy (non-hydrogen) atoms. The second-order valence-corrected chi connectivity index (χ2v) is 9.23. The molecule has 1 heterocycles. The number of carbonyl (C=O) groups excluding carboxylic acids is 1. The molecule has 122 valence electrons. The fourth-order valence-corrected chi connectivity index (χ4v) is 6.03. The molecule has 4 nitrogen and oxygen atoms in total. The summed E-state index contributed by atoms with van der Waals surface area (Å²) in [6, 6.07) is 6.94. The summed E-state index contributed by atoms with van der Waals surface area (Å²) in [5.74, 6) is 0.681. The molecule has 4 aliphatic rings. The third kappa shape index (κ3) is 2.06. The van der Waals surface area contributed by atoms with Gasteiger partial charge in [-0.2, -0.15) is 4.31 Å². The van der Waals surface area contributed by atoms with E-state index >= 15 is 0 Å². The Morgan fingerprint density at radius 1 is 1.17 bits per heavy atom. The van der Waals surface area contributed by atoms with E-state index in [1.165, 1.54) is 9.88 Å². The van der Waals surface area contributed by atoms with Crippen molar-refractivity contribution in [3.63, 3.8) is 0 Å². The summed E-state index contributed by atoms with van der Waals surface area (Å²) in [6.07, 6.45) is 3.59. The third-order valence-corrected chi connectivity index (χ3v) is 7.72. The zero-order chi connectivity index (χ0) is 16.4. The molecule has 2 fully saturated rings. The van der Waals surface area contributed by atoms with Gasteiger partial charge in [-0.25, -0.2) is 8.42 Å². The molecule has 0 aromatic heterocycles. The standard InChI is InChI=1S/C18H21NO3S/c1-12-3-5-16(6-4-12)23(21,22)19-10-15-7-14-8-17(20)18(15,11-19)9-13(14)2/h3-6,9,14-15H,7-8,10-11H2,1-2H3. The molecule has 2 bridgehead atoms. The molecule has 1 spiro atoms. The molecule has 1 aromatic carbocycles. The van der Waals surface area contributed by atoms with Crippen LogP contribution in [0.2, 0.25) is 0 Å². The molecule has 3 atom stereocenters. The van der Waals surface area contributed by atoms with Gasteiger partial charge >= 0.3 is 0 Å². The minimum atomic E-state index is -3.53. The summed E-state index contributed by atoms with van der Waals surface area (Å²) in [5.41, 5.74) is 1.72. The minimum absolute atomic E-state index is 0.137. The topological polar surface area (TPSA) is 54.5 Å². The first-order chi connectivity index (χ1) is 10.8. The van der Waals surface area contributed by atoms with Gasteiger partial charge in [-0.1, -0.05) is 29.3 Å². The Kier molecular flexibility index (Phi) is 3.13. The van der Waals surface area contributed by atoms with Crippen molar-refractivity contribution >= 4 is 15.8 Å². The van der Waals surface area contributed by atoms with Crippen LogP contribution >= 0.6 is 0 Å². The highest BCUT2D eigenvalue weighted by molar-refractivity contribution is 7.89. The van der Waals surface area contributed by atoms with Gasteiger partial charge in [-0.05, 0) is 44.2 Å². The van der Waals surface area contributed by atoms with Crippen LogP contribution in [0.1, 0.15) is 25.3 Å². The van der Waals surface area contributed by atoms with Crippen LogP contribution in [0.15, 0.2) is 40.8 Å². The van der Waals surface area contributed by atoms with Crippen LogP contribution in [-0.2, 0) is 14.8 Å². The Balaban J connectivity index is 1.71. The number of sulfonamides is 1. The van der Waals surface area contributed by atoms with E-state index in [0.29, 0.717) is 30.3 Å². The number of allylic oxidation sites excluding steroid dienone is 1. The number of hydrogen-bond acceptors (Lipinski definition) is 3. The van der Waals surface area contributed by atoms with Gasteiger partial charge in [-0.15, -0.1) is 0 Å². The number of hydrogen-bond donors (Lipinski definition) is 0. The van der Waals surface area contributed by atoms with Crippen molar-refractivity contribution in [1.29, 1.82) is 0 Å². The summed E-state index contributed by atoms with van der Waals surface area (Å²) in [5, 5.41) is 0. The van der Waals surface area contributed by atoms with Crippen LogP contribution in [-0.4, -0.2) is 31.6 Å². The molecule has 1 aliphatic heterocycles. The van der Waals surface area contributed by atoms with Gasteiger partial charge in [0, 0.05) is 19.5 Å². The zero-order valence-electron chi connectivity index (χ0n) is 13.5. The zero-order valence-corrected chi connectivity index (χ0v) is 14.3. The van der Waals surface area contributed by atoms with Crippen molar-refractivity contribution in [2.45, 2.75) is 31.6 Å². The van der Waals surface area contributed by atoms with E-state index in [-0.39, 0.29) is 11.7 Å². The quantitative estimate of drug-likeness (QED) is 0.783. The largest absolute Gasteiger partial charge is 0.299 e. The van der Waals surface area contributed by atoms with Crippen molar-refractivity contribution in [2.24, 2.45) is 17.3 Å². The van der Waals surface area contributed by atoms with Crippen LogP contribution in [0.25, 0.3) is 0 Å². The molecular weight excluding hydrogens is 310 g/mol. The fraction of sp³-hybridized carbons (Fsp3) is 0.500. The highest BCUT2D eigenvalue weighted by Gasteiger charge is 2.58. The predicted octanol–water partition coefficient (Wildman–Crippen LogP) is 2.54. The van der Waals surface area contributed by atoms with E-state index in [2.05, 4.69) is 13.0 Å². The van der Waals surface area contributed by atoms with Gasteiger partial charge in [0.05, 0.1) is 10.3 Å². The molecule has 3 unspecified atom stereocenters. The number of aryl methyl sites for hydroxylation is 1. The summed E-state index contributed by atoms with van der Waals surface area (Å²) in [7, 11) is -3.53. The van der Waals surface area contributed by atoms with E-state index in [1.807, 2.05) is 19.1 Å². The normalized spacial score (nSPS) is 33.7.